The topological polar surface area (TPSA) is 152 Å². The highest BCUT2D eigenvalue weighted by molar-refractivity contribution is 6.30. The van der Waals surface area contributed by atoms with Crippen LogP contribution in [-0.4, -0.2) is 59.9 Å². The second-order valence-electron chi connectivity index (χ2n) is 10.6. The zero-order valence-electron chi connectivity index (χ0n) is 24.8. The first-order chi connectivity index (χ1) is 22.4. The maximum Gasteiger partial charge on any atom is 0.490 e. The van der Waals surface area contributed by atoms with Crippen LogP contribution in [0.4, 0.5) is 19.1 Å². The fraction of sp³-hybridized carbons (Fsp3) is 0.250. The lowest BCUT2D eigenvalue weighted by Crippen LogP contribution is -2.21. The number of aromatic nitrogens is 5. The van der Waals surface area contributed by atoms with E-state index in [1.54, 1.807) is 31.3 Å². The van der Waals surface area contributed by atoms with Crippen molar-refractivity contribution in [1.29, 1.82) is 0 Å². The van der Waals surface area contributed by atoms with Gasteiger partial charge in [0.1, 0.15) is 11.6 Å². The van der Waals surface area contributed by atoms with Crippen LogP contribution >= 0.6 is 11.6 Å². The Balaban J connectivity index is 0.000000559. The summed E-state index contributed by atoms with van der Waals surface area (Å²) in [6.07, 6.45) is 0.632. The Kier molecular flexibility index (Phi) is 9.89. The molecule has 11 nitrogen and oxygen atoms in total. The highest BCUT2D eigenvalue weighted by atomic mass is 35.5. The molecule has 15 heteroatoms. The molecule has 2 aromatic heterocycles. The van der Waals surface area contributed by atoms with Crippen molar-refractivity contribution in [2.75, 3.05) is 12.4 Å². The van der Waals surface area contributed by atoms with Gasteiger partial charge in [-0.3, -0.25) is 0 Å². The number of benzene rings is 3. The van der Waals surface area contributed by atoms with E-state index in [0.29, 0.717) is 34.1 Å². The van der Waals surface area contributed by atoms with Crippen LogP contribution in [-0.2, 0) is 4.79 Å². The number of nitrogens with zero attached hydrogens (tertiary/aromatic N) is 5. The minimum absolute atomic E-state index is 0.151. The predicted molar refractivity (Wildman–Crippen MR) is 168 cm³/mol. The van der Waals surface area contributed by atoms with Gasteiger partial charge in [0.2, 0.25) is 5.95 Å². The number of fused-ring (bicyclic) bond motifs is 1. The minimum atomic E-state index is -5.08. The molecule has 1 fully saturated rings. The molecule has 0 unspecified atom stereocenters. The Bertz CT molecular complexity index is 1910. The first-order valence-electron chi connectivity index (χ1n) is 14.5. The van der Waals surface area contributed by atoms with Crippen LogP contribution in [0.25, 0.3) is 33.8 Å². The zero-order valence-corrected chi connectivity index (χ0v) is 25.6. The van der Waals surface area contributed by atoms with Crippen LogP contribution in [0.15, 0.2) is 66.7 Å². The monoisotopic (exact) mass is 668 g/mol. The Morgan fingerprint density at radius 1 is 0.915 bits per heavy atom. The van der Waals surface area contributed by atoms with E-state index in [1.807, 2.05) is 42.5 Å². The van der Waals surface area contributed by atoms with Gasteiger partial charge in [-0.05, 0) is 67.4 Å². The number of nitrogens with one attached hydrogen (secondary N) is 1. The van der Waals surface area contributed by atoms with E-state index < -0.39 is 18.1 Å². The number of carboxylic acids is 2. The lowest BCUT2D eigenvalue weighted by Gasteiger charge is -2.25. The Hall–Kier alpha value is -5.24. The fourth-order valence-corrected chi connectivity index (χ4v) is 5.38. The first-order valence-corrected chi connectivity index (χ1v) is 14.8. The first kappa shape index (κ1) is 33.1. The SMILES string of the molecule is CNc1nc(Oc2ccc(-c3nc4cc(C(=O)O)ccc4n3C3CCCCC3)cc2)nc(-c2cccc(Cl)c2)n1.O=C(O)C(F)(F)F. The number of aromatic carboxylic acids is 1. The summed E-state index contributed by atoms with van der Waals surface area (Å²) in [5.41, 5.74) is 3.52. The van der Waals surface area contributed by atoms with Crippen molar-refractivity contribution >= 4 is 40.5 Å². The van der Waals surface area contributed by atoms with Crippen LogP contribution < -0.4 is 10.1 Å². The summed E-state index contributed by atoms with van der Waals surface area (Å²) in [4.78, 5) is 38.6. The molecule has 0 atom stereocenters. The Morgan fingerprint density at radius 2 is 1.62 bits per heavy atom. The molecule has 1 aliphatic rings. The molecule has 0 saturated heterocycles. The number of rotatable bonds is 7. The number of imidazole rings is 1. The molecule has 1 saturated carbocycles. The van der Waals surface area contributed by atoms with Crippen molar-refractivity contribution in [2.45, 2.75) is 44.3 Å². The summed E-state index contributed by atoms with van der Waals surface area (Å²) in [7, 11) is 1.73. The molecule has 47 heavy (non-hydrogen) atoms. The van der Waals surface area contributed by atoms with Gasteiger partial charge in [-0.1, -0.05) is 43.0 Å². The van der Waals surface area contributed by atoms with Crippen molar-refractivity contribution < 1.29 is 37.7 Å². The van der Waals surface area contributed by atoms with Crippen LogP contribution in [0.3, 0.4) is 0 Å². The van der Waals surface area contributed by atoms with E-state index in [0.717, 1.165) is 35.3 Å². The zero-order chi connectivity index (χ0) is 33.7. The number of carboxylic acid groups (broad SMARTS) is 2. The Morgan fingerprint density at radius 3 is 2.23 bits per heavy atom. The molecule has 3 aromatic carbocycles. The number of hydrogen-bond acceptors (Lipinski definition) is 8. The van der Waals surface area contributed by atoms with Crippen molar-refractivity contribution in [2.24, 2.45) is 0 Å². The number of anilines is 1. The third-order valence-corrected chi connectivity index (χ3v) is 7.60. The number of alkyl halides is 3. The maximum absolute atomic E-state index is 11.6. The Labute approximate surface area is 271 Å². The van der Waals surface area contributed by atoms with E-state index in [9.17, 15) is 23.1 Å². The number of halogens is 4. The van der Waals surface area contributed by atoms with E-state index in [4.69, 9.17) is 31.2 Å². The normalized spacial score (nSPS) is 13.5. The molecule has 0 spiro atoms. The van der Waals surface area contributed by atoms with Gasteiger partial charge in [0.25, 0.3) is 0 Å². The molecule has 6 rings (SSSR count). The second-order valence-corrected chi connectivity index (χ2v) is 11.0. The standard InChI is InChI=1S/C30H27ClN6O3.C2HF3O2/c1-32-29-34-26(19-6-5-7-21(31)16-19)35-30(36-29)40-23-13-10-18(11-14-23)27-33-24-17-20(28(38)39)12-15-25(24)37(27)22-8-3-2-4-9-22;3-2(4,5)1(6)7/h5-7,10-17,22H,2-4,8-9H2,1H3,(H,38,39)(H,32,34,35,36);(H,6,7). The molecule has 5 aromatic rings. The van der Waals surface area contributed by atoms with Gasteiger partial charge in [0.15, 0.2) is 5.82 Å². The lowest BCUT2D eigenvalue weighted by atomic mass is 9.95. The largest absolute Gasteiger partial charge is 0.490 e. The second kappa shape index (κ2) is 14.0. The maximum atomic E-state index is 11.6. The number of ether oxygens (including phenoxy) is 1. The molecule has 2 heterocycles. The lowest BCUT2D eigenvalue weighted by molar-refractivity contribution is -0.192. The van der Waals surface area contributed by atoms with E-state index in [-0.39, 0.29) is 11.6 Å². The predicted octanol–water partition coefficient (Wildman–Crippen LogP) is 7.88. The molecule has 244 valence electrons. The molecule has 0 aliphatic heterocycles. The third-order valence-electron chi connectivity index (χ3n) is 7.36. The minimum Gasteiger partial charge on any atom is -0.478 e. The quantitative estimate of drug-likeness (QED) is 0.156. The summed E-state index contributed by atoms with van der Waals surface area (Å²) >= 11 is 6.16. The van der Waals surface area contributed by atoms with Crippen LogP contribution in [0.5, 0.6) is 11.8 Å². The highest BCUT2D eigenvalue weighted by Crippen LogP contribution is 2.37. The molecular weight excluding hydrogens is 641 g/mol. The highest BCUT2D eigenvalue weighted by Gasteiger charge is 2.38. The smallest absolute Gasteiger partial charge is 0.478 e. The number of hydrogen-bond donors (Lipinski definition) is 3. The molecule has 3 N–H and O–H groups in total. The summed E-state index contributed by atoms with van der Waals surface area (Å²) < 4.78 is 40.0. The van der Waals surface area contributed by atoms with Gasteiger partial charge < -0.3 is 24.8 Å². The summed E-state index contributed by atoms with van der Waals surface area (Å²) in [5, 5.41) is 20.1. The van der Waals surface area contributed by atoms with Gasteiger partial charge in [0, 0.05) is 29.2 Å². The molecular formula is C32H28ClF3N6O5. The van der Waals surface area contributed by atoms with E-state index >= 15 is 0 Å². The number of aliphatic carboxylic acids is 1. The summed E-state index contributed by atoms with van der Waals surface area (Å²) in [6, 6.07) is 20.5. The van der Waals surface area contributed by atoms with Crippen molar-refractivity contribution in [3.05, 3.63) is 77.3 Å². The van der Waals surface area contributed by atoms with E-state index in [2.05, 4.69) is 24.8 Å². The van der Waals surface area contributed by atoms with Crippen LogP contribution in [0, 0.1) is 0 Å². The number of carbonyl (C=O) groups is 2. The van der Waals surface area contributed by atoms with Gasteiger partial charge in [-0.25, -0.2) is 14.6 Å². The molecule has 0 radical (unpaired) electrons. The molecule has 1 aliphatic carbocycles. The summed E-state index contributed by atoms with van der Waals surface area (Å²) in [5.74, 6) is -1.53. The van der Waals surface area contributed by atoms with Crippen molar-refractivity contribution in [3.8, 4) is 34.5 Å². The van der Waals surface area contributed by atoms with E-state index in [1.165, 1.54) is 19.3 Å². The fourth-order valence-electron chi connectivity index (χ4n) is 5.19. The average molecular weight is 669 g/mol. The van der Waals surface area contributed by atoms with Gasteiger partial charge in [0.05, 0.1) is 16.6 Å². The van der Waals surface area contributed by atoms with Crippen molar-refractivity contribution in [1.82, 2.24) is 24.5 Å². The molecule has 0 bridgehead atoms. The average Bonchev–Trinajstić information content (AvgIpc) is 3.44. The van der Waals surface area contributed by atoms with Gasteiger partial charge in [-0.15, -0.1) is 0 Å². The van der Waals surface area contributed by atoms with Crippen molar-refractivity contribution in [3.63, 3.8) is 0 Å². The van der Waals surface area contributed by atoms with Gasteiger partial charge in [-0.2, -0.15) is 28.1 Å². The summed E-state index contributed by atoms with van der Waals surface area (Å²) in [6.45, 7) is 0. The van der Waals surface area contributed by atoms with Crippen LogP contribution in [0.1, 0.15) is 48.5 Å². The third kappa shape index (κ3) is 7.95. The van der Waals surface area contributed by atoms with Gasteiger partial charge >= 0.3 is 24.1 Å². The van der Waals surface area contributed by atoms with Crippen LogP contribution in [0.2, 0.25) is 5.02 Å². The molecule has 0 amide bonds.